The van der Waals surface area contributed by atoms with Crippen LogP contribution in [0.5, 0.6) is 0 Å². The van der Waals surface area contributed by atoms with Gasteiger partial charge in [0.05, 0.1) is 0 Å². The highest BCUT2D eigenvalue weighted by Gasteiger charge is 2.29. The first kappa shape index (κ1) is 16.8. The molecule has 1 saturated carbocycles. The van der Waals surface area contributed by atoms with Crippen molar-refractivity contribution in [1.82, 2.24) is 0 Å². The van der Waals surface area contributed by atoms with Crippen molar-refractivity contribution in [1.29, 1.82) is 0 Å². The maximum Gasteiger partial charge on any atom is 0.412 e. The molecule has 122 valence electrons. The van der Waals surface area contributed by atoms with E-state index in [0.717, 1.165) is 24.1 Å². The Balaban J connectivity index is 2.11. The summed E-state index contributed by atoms with van der Waals surface area (Å²) in [6.07, 6.45) is 5.29. The second-order valence-electron chi connectivity index (χ2n) is 7.37. The average molecular weight is 304 g/mol. The third kappa shape index (κ3) is 4.23. The van der Waals surface area contributed by atoms with Crippen molar-refractivity contribution in [2.24, 2.45) is 5.73 Å². The molecule has 0 heterocycles. The lowest BCUT2D eigenvalue weighted by molar-refractivity contribution is 0.0636. The molecule has 1 aromatic carbocycles. The highest BCUT2D eigenvalue weighted by atomic mass is 16.6. The lowest BCUT2D eigenvalue weighted by Gasteiger charge is -2.34. The van der Waals surface area contributed by atoms with Gasteiger partial charge in [-0.25, -0.2) is 4.79 Å². The summed E-state index contributed by atoms with van der Waals surface area (Å²) in [6.45, 7) is 7.54. The van der Waals surface area contributed by atoms with Crippen LogP contribution in [0.2, 0.25) is 0 Å². The molecule has 4 nitrogen and oxygen atoms in total. The summed E-state index contributed by atoms with van der Waals surface area (Å²) in [7, 11) is 0. The van der Waals surface area contributed by atoms with E-state index in [4.69, 9.17) is 10.5 Å². The van der Waals surface area contributed by atoms with Crippen molar-refractivity contribution in [2.45, 2.75) is 70.9 Å². The molecule has 1 amide bonds. The van der Waals surface area contributed by atoms with Gasteiger partial charge in [0.15, 0.2) is 0 Å². The molecular formula is C18H28N2O2. The summed E-state index contributed by atoms with van der Waals surface area (Å²) in [5, 5.41) is 2.81. The lowest BCUT2D eigenvalue weighted by Crippen LogP contribution is -2.38. The number of carbonyl (C=O) groups is 1. The molecule has 0 aromatic heterocycles. The van der Waals surface area contributed by atoms with Crippen LogP contribution in [0.1, 0.15) is 64.0 Å². The number of anilines is 1. The van der Waals surface area contributed by atoms with Crippen LogP contribution in [-0.2, 0) is 10.3 Å². The van der Waals surface area contributed by atoms with Gasteiger partial charge in [-0.3, -0.25) is 5.32 Å². The van der Waals surface area contributed by atoms with E-state index in [0.29, 0.717) is 0 Å². The molecule has 1 fully saturated rings. The Morgan fingerprint density at radius 3 is 2.41 bits per heavy atom. The molecule has 4 heteroatoms. The normalized spacial score (nSPS) is 17.9. The van der Waals surface area contributed by atoms with E-state index in [1.807, 2.05) is 39.8 Å². The van der Waals surface area contributed by atoms with Gasteiger partial charge < -0.3 is 10.5 Å². The van der Waals surface area contributed by atoms with Crippen LogP contribution in [0.4, 0.5) is 10.5 Å². The van der Waals surface area contributed by atoms with Gasteiger partial charge >= 0.3 is 6.09 Å². The minimum atomic E-state index is -0.499. The van der Waals surface area contributed by atoms with Crippen molar-refractivity contribution < 1.29 is 9.53 Å². The smallest absolute Gasteiger partial charge is 0.412 e. The molecule has 1 aromatic rings. The fraction of sp³-hybridized carbons (Fsp3) is 0.611. The molecule has 0 atom stereocenters. The lowest BCUT2D eigenvalue weighted by atomic mass is 9.77. The minimum Gasteiger partial charge on any atom is -0.444 e. The first-order chi connectivity index (χ1) is 10.2. The quantitative estimate of drug-likeness (QED) is 0.847. The Labute approximate surface area is 133 Å². The number of carbonyl (C=O) groups excluding carboxylic acids is 1. The number of amides is 1. The molecule has 22 heavy (non-hydrogen) atoms. The molecule has 1 aliphatic carbocycles. The summed E-state index contributed by atoms with van der Waals surface area (Å²) < 4.78 is 5.29. The number of nitrogens with two attached hydrogens (primary N) is 1. The highest BCUT2D eigenvalue weighted by molar-refractivity contribution is 5.86. The van der Waals surface area contributed by atoms with E-state index < -0.39 is 11.7 Å². The molecular weight excluding hydrogens is 276 g/mol. The highest BCUT2D eigenvalue weighted by Crippen LogP contribution is 2.36. The van der Waals surface area contributed by atoms with E-state index >= 15 is 0 Å². The second kappa shape index (κ2) is 6.29. The minimum absolute atomic E-state index is 0.215. The predicted octanol–water partition coefficient (Wildman–Crippen LogP) is 4.46. The van der Waals surface area contributed by atoms with Gasteiger partial charge in [-0.2, -0.15) is 0 Å². The molecule has 0 aliphatic heterocycles. The Hall–Kier alpha value is -1.55. The van der Waals surface area contributed by atoms with Gasteiger partial charge in [0, 0.05) is 11.2 Å². The molecule has 0 unspecified atom stereocenters. The van der Waals surface area contributed by atoms with Gasteiger partial charge in [-0.15, -0.1) is 0 Å². The number of nitrogens with one attached hydrogen (secondary N) is 1. The molecule has 2 rings (SSSR count). The fourth-order valence-electron chi connectivity index (χ4n) is 3.00. The summed E-state index contributed by atoms with van der Waals surface area (Å²) in [5.41, 5.74) is 8.81. The van der Waals surface area contributed by atoms with Crippen molar-refractivity contribution in [3.63, 3.8) is 0 Å². The number of benzene rings is 1. The summed E-state index contributed by atoms with van der Waals surface area (Å²) in [6, 6.07) is 6.06. The van der Waals surface area contributed by atoms with Crippen LogP contribution in [0.25, 0.3) is 0 Å². The van der Waals surface area contributed by atoms with Crippen LogP contribution in [0.3, 0.4) is 0 Å². The Morgan fingerprint density at radius 1 is 1.23 bits per heavy atom. The van der Waals surface area contributed by atoms with Gasteiger partial charge in [0.25, 0.3) is 0 Å². The Kier molecular flexibility index (Phi) is 4.81. The van der Waals surface area contributed by atoms with E-state index in [2.05, 4.69) is 11.4 Å². The van der Waals surface area contributed by atoms with Gasteiger partial charge in [0.2, 0.25) is 0 Å². The van der Waals surface area contributed by atoms with Crippen molar-refractivity contribution in [3.8, 4) is 0 Å². The number of hydrogen-bond acceptors (Lipinski definition) is 3. The van der Waals surface area contributed by atoms with Gasteiger partial charge in [-0.1, -0.05) is 31.4 Å². The molecule has 0 radical (unpaired) electrons. The monoisotopic (exact) mass is 304 g/mol. The second-order valence-corrected chi connectivity index (χ2v) is 7.37. The zero-order chi connectivity index (χ0) is 16.4. The van der Waals surface area contributed by atoms with Gasteiger partial charge in [-0.05, 0) is 57.7 Å². The van der Waals surface area contributed by atoms with E-state index in [1.54, 1.807) is 0 Å². The van der Waals surface area contributed by atoms with Crippen LogP contribution >= 0.6 is 0 Å². The summed E-state index contributed by atoms with van der Waals surface area (Å²) >= 11 is 0. The number of ether oxygens (including phenoxy) is 1. The van der Waals surface area contributed by atoms with E-state index in [-0.39, 0.29) is 5.54 Å². The zero-order valence-corrected chi connectivity index (χ0v) is 14.2. The summed E-state index contributed by atoms with van der Waals surface area (Å²) in [4.78, 5) is 11.9. The van der Waals surface area contributed by atoms with Crippen LogP contribution in [0, 0.1) is 6.92 Å². The third-order valence-electron chi connectivity index (χ3n) is 4.18. The number of rotatable bonds is 2. The molecule has 0 bridgehead atoms. The molecule has 0 saturated heterocycles. The molecule has 1 aliphatic rings. The van der Waals surface area contributed by atoms with Crippen LogP contribution in [0.15, 0.2) is 18.2 Å². The number of aryl methyl sites for hydroxylation is 1. The predicted molar refractivity (Wildman–Crippen MR) is 90.0 cm³/mol. The Morgan fingerprint density at radius 2 is 1.86 bits per heavy atom. The van der Waals surface area contributed by atoms with E-state index in [1.165, 1.54) is 24.8 Å². The van der Waals surface area contributed by atoms with E-state index in [9.17, 15) is 4.79 Å². The summed E-state index contributed by atoms with van der Waals surface area (Å²) in [5.74, 6) is 0. The van der Waals surface area contributed by atoms with Crippen molar-refractivity contribution in [3.05, 3.63) is 29.3 Å². The zero-order valence-electron chi connectivity index (χ0n) is 14.2. The largest absolute Gasteiger partial charge is 0.444 e. The first-order valence-electron chi connectivity index (χ1n) is 8.10. The number of hydrogen-bond donors (Lipinski definition) is 2. The van der Waals surface area contributed by atoms with Crippen molar-refractivity contribution in [2.75, 3.05) is 5.32 Å². The fourth-order valence-corrected chi connectivity index (χ4v) is 3.00. The third-order valence-corrected chi connectivity index (χ3v) is 4.18. The maximum absolute atomic E-state index is 11.9. The average Bonchev–Trinajstić information content (AvgIpc) is 2.39. The van der Waals surface area contributed by atoms with Crippen LogP contribution in [-0.4, -0.2) is 11.7 Å². The van der Waals surface area contributed by atoms with Gasteiger partial charge in [0.1, 0.15) is 5.60 Å². The maximum atomic E-state index is 11.9. The molecule has 3 N–H and O–H groups in total. The first-order valence-corrected chi connectivity index (χ1v) is 8.10. The standard InChI is InChI=1S/C18H28N2O2/c1-13-12-14(18(19)10-6-5-7-11-18)8-9-15(13)20-16(21)22-17(2,3)4/h8-9,12H,5-7,10-11,19H2,1-4H3,(H,20,21). The Bertz CT molecular complexity index is 541. The van der Waals surface area contributed by atoms with Crippen molar-refractivity contribution >= 4 is 11.8 Å². The van der Waals surface area contributed by atoms with Crippen LogP contribution < -0.4 is 11.1 Å². The SMILES string of the molecule is Cc1cc(C2(N)CCCCC2)ccc1NC(=O)OC(C)(C)C. The molecule has 0 spiro atoms. The topological polar surface area (TPSA) is 64.3 Å².